The number of hydrogen-bond donors (Lipinski definition) is 1. The normalized spacial score (nSPS) is 18.7. The first-order chi connectivity index (χ1) is 9.08. The Morgan fingerprint density at radius 1 is 1.42 bits per heavy atom. The summed E-state index contributed by atoms with van der Waals surface area (Å²) in [7, 11) is 1.64. The molecule has 0 spiro atoms. The molecule has 1 N–H and O–H groups in total. The monoisotopic (exact) mass is 263 g/mol. The number of methoxy groups -OCH3 is 1. The molecule has 4 nitrogen and oxygen atoms in total. The maximum Gasteiger partial charge on any atom is 0.254 e. The van der Waals surface area contributed by atoms with Gasteiger partial charge in [-0.15, -0.1) is 0 Å². The van der Waals surface area contributed by atoms with E-state index in [9.17, 15) is 9.90 Å². The second kappa shape index (κ2) is 5.61. The van der Waals surface area contributed by atoms with E-state index in [1.54, 1.807) is 12.0 Å². The number of amides is 1. The number of nitrogens with zero attached hydrogens (tertiary/aromatic N) is 1. The molecule has 0 unspecified atom stereocenters. The molecule has 104 valence electrons. The van der Waals surface area contributed by atoms with Crippen LogP contribution in [0.15, 0.2) is 12.1 Å². The largest absolute Gasteiger partial charge is 0.496 e. The van der Waals surface area contributed by atoms with Crippen LogP contribution >= 0.6 is 0 Å². The first-order valence-electron chi connectivity index (χ1n) is 6.65. The van der Waals surface area contributed by atoms with E-state index >= 15 is 0 Å². The van der Waals surface area contributed by atoms with Gasteiger partial charge in [0.15, 0.2) is 0 Å². The molecule has 2 rings (SSSR count). The first kappa shape index (κ1) is 13.9. The molecule has 1 amide bonds. The summed E-state index contributed by atoms with van der Waals surface area (Å²) in [6.45, 7) is 4.65. The number of ether oxygens (including phenoxy) is 1. The maximum atomic E-state index is 12.5. The lowest BCUT2D eigenvalue weighted by molar-refractivity contribution is 0.0677. The lowest BCUT2D eigenvalue weighted by Gasteiger charge is -2.23. The van der Waals surface area contributed by atoms with Crippen LogP contribution in [0, 0.1) is 13.8 Å². The van der Waals surface area contributed by atoms with E-state index in [-0.39, 0.29) is 18.6 Å². The van der Waals surface area contributed by atoms with Gasteiger partial charge in [0.25, 0.3) is 5.91 Å². The lowest BCUT2D eigenvalue weighted by Crippen LogP contribution is -2.37. The molecule has 0 bridgehead atoms. The van der Waals surface area contributed by atoms with Crippen molar-refractivity contribution in [1.82, 2.24) is 4.90 Å². The number of aliphatic hydroxyl groups is 1. The predicted octanol–water partition coefficient (Wildman–Crippen LogP) is 1.91. The SMILES string of the molecule is COc1c(C)cc(C(=O)N2CCC[C@@H]2CO)cc1C. The van der Waals surface area contributed by atoms with Crippen LogP contribution < -0.4 is 4.74 Å². The van der Waals surface area contributed by atoms with Crippen molar-refractivity contribution in [2.75, 3.05) is 20.3 Å². The van der Waals surface area contributed by atoms with Crippen molar-refractivity contribution in [1.29, 1.82) is 0 Å². The number of aryl methyl sites for hydroxylation is 2. The molecule has 0 saturated carbocycles. The van der Waals surface area contributed by atoms with Crippen molar-refractivity contribution >= 4 is 5.91 Å². The zero-order valence-corrected chi connectivity index (χ0v) is 11.8. The quantitative estimate of drug-likeness (QED) is 0.906. The minimum Gasteiger partial charge on any atom is -0.496 e. The fraction of sp³-hybridized carbons (Fsp3) is 0.533. The van der Waals surface area contributed by atoms with E-state index in [1.165, 1.54) is 0 Å². The number of rotatable bonds is 3. The van der Waals surface area contributed by atoms with Crippen LogP contribution in [0.1, 0.15) is 34.3 Å². The smallest absolute Gasteiger partial charge is 0.254 e. The van der Waals surface area contributed by atoms with Crippen LogP contribution in [-0.2, 0) is 0 Å². The highest BCUT2D eigenvalue weighted by Gasteiger charge is 2.29. The van der Waals surface area contributed by atoms with Crippen LogP contribution in [0.25, 0.3) is 0 Å². The van der Waals surface area contributed by atoms with Gasteiger partial charge in [-0.2, -0.15) is 0 Å². The molecule has 19 heavy (non-hydrogen) atoms. The molecule has 1 aromatic rings. The topological polar surface area (TPSA) is 49.8 Å². The molecular formula is C15H21NO3. The zero-order chi connectivity index (χ0) is 14.0. The first-order valence-corrected chi connectivity index (χ1v) is 6.65. The number of carbonyl (C=O) groups excluding carboxylic acids is 1. The summed E-state index contributed by atoms with van der Waals surface area (Å²) in [5.41, 5.74) is 2.60. The average molecular weight is 263 g/mol. The molecule has 1 atom stereocenters. The molecule has 1 aliphatic rings. The van der Waals surface area contributed by atoms with Gasteiger partial charge >= 0.3 is 0 Å². The summed E-state index contributed by atoms with van der Waals surface area (Å²) < 4.78 is 5.31. The predicted molar refractivity (Wildman–Crippen MR) is 73.6 cm³/mol. The molecule has 4 heteroatoms. The highest BCUT2D eigenvalue weighted by Crippen LogP contribution is 2.26. The van der Waals surface area contributed by atoms with E-state index in [4.69, 9.17) is 4.74 Å². The summed E-state index contributed by atoms with van der Waals surface area (Å²) >= 11 is 0. The third-order valence-corrected chi connectivity index (χ3v) is 3.76. The van der Waals surface area contributed by atoms with Gasteiger partial charge in [-0.3, -0.25) is 4.79 Å². The standard InChI is InChI=1S/C15H21NO3/c1-10-7-12(8-11(2)14(10)19-3)15(18)16-6-4-5-13(16)9-17/h7-8,13,17H,4-6,9H2,1-3H3/t13-/m1/s1. The number of likely N-dealkylation sites (tertiary alicyclic amines) is 1. The molecule has 1 fully saturated rings. The Balaban J connectivity index is 2.29. The lowest BCUT2D eigenvalue weighted by atomic mass is 10.0. The fourth-order valence-corrected chi connectivity index (χ4v) is 2.85. The fourth-order valence-electron chi connectivity index (χ4n) is 2.85. The Morgan fingerprint density at radius 3 is 2.58 bits per heavy atom. The molecule has 0 radical (unpaired) electrons. The third kappa shape index (κ3) is 2.59. The minimum atomic E-state index is -0.0322. The average Bonchev–Trinajstić information content (AvgIpc) is 2.85. The van der Waals surface area contributed by atoms with Crippen LogP contribution in [0.3, 0.4) is 0 Å². The van der Waals surface area contributed by atoms with Crippen molar-refractivity contribution in [3.05, 3.63) is 28.8 Å². The number of carbonyl (C=O) groups is 1. The zero-order valence-electron chi connectivity index (χ0n) is 11.8. The second-order valence-corrected chi connectivity index (χ2v) is 5.12. The Bertz CT molecular complexity index is 461. The third-order valence-electron chi connectivity index (χ3n) is 3.76. The van der Waals surface area contributed by atoms with Gasteiger partial charge in [-0.25, -0.2) is 0 Å². The van der Waals surface area contributed by atoms with Gasteiger partial charge in [0.05, 0.1) is 19.8 Å². The molecule has 1 saturated heterocycles. The van der Waals surface area contributed by atoms with Gasteiger partial charge in [0, 0.05) is 12.1 Å². The van der Waals surface area contributed by atoms with Gasteiger partial charge in [-0.1, -0.05) is 0 Å². The van der Waals surface area contributed by atoms with E-state index in [1.807, 2.05) is 26.0 Å². The second-order valence-electron chi connectivity index (χ2n) is 5.12. The van der Waals surface area contributed by atoms with Gasteiger partial charge in [0.2, 0.25) is 0 Å². The van der Waals surface area contributed by atoms with Crippen LogP contribution in [-0.4, -0.2) is 42.2 Å². The van der Waals surface area contributed by atoms with Crippen molar-refractivity contribution < 1.29 is 14.6 Å². The Kier molecular flexibility index (Phi) is 4.10. The van der Waals surface area contributed by atoms with E-state index in [0.29, 0.717) is 5.56 Å². The molecule has 0 aromatic heterocycles. The van der Waals surface area contributed by atoms with Crippen LogP contribution in [0.5, 0.6) is 5.75 Å². The number of hydrogen-bond acceptors (Lipinski definition) is 3. The number of aliphatic hydroxyl groups excluding tert-OH is 1. The summed E-state index contributed by atoms with van der Waals surface area (Å²) in [4.78, 5) is 14.3. The molecule has 1 heterocycles. The van der Waals surface area contributed by atoms with Crippen molar-refractivity contribution in [2.45, 2.75) is 32.7 Å². The highest BCUT2D eigenvalue weighted by atomic mass is 16.5. The van der Waals surface area contributed by atoms with E-state index in [0.717, 1.165) is 36.3 Å². The summed E-state index contributed by atoms with van der Waals surface area (Å²) in [6.07, 6.45) is 1.85. The van der Waals surface area contributed by atoms with Crippen LogP contribution in [0.2, 0.25) is 0 Å². The van der Waals surface area contributed by atoms with Gasteiger partial charge < -0.3 is 14.7 Å². The van der Waals surface area contributed by atoms with Crippen LogP contribution in [0.4, 0.5) is 0 Å². The summed E-state index contributed by atoms with van der Waals surface area (Å²) in [6, 6.07) is 3.69. The van der Waals surface area contributed by atoms with E-state index < -0.39 is 0 Å². The Morgan fingerprint density at radius 2 is 2.05 bits per heavy atom. The van der Waals surface area contributed by atoms with Gasteiger partial charge in [0.1, 0.15) is 5.75 Å². The van der Waals surface area contributed by atoms with Crippen molar-refractivity contribution in [2.24, 2.45) is 0 Å². The Hall–Kier alpha value is -1.55. The molecular weight excluding hydrogens is 242 g/mol. The van der Waals surface area contributed by atoms with Gasteiger partial charge in [-0.05, 0) is 49.9 Å². The van der Waals surface area contributed by atoms with Crippen molar-refractivity contribution in [3.8, 4) is 5.75 Å². The van der Waals surface area contributed by atoms with Crippen molar-refractivity contribution in [3.63, 3.8) is 0 Å². The minimum absolute atomic E-state index is 0.00500. The maximum absolute atomic E-state index is 12.5. The number of benzene rings is 1. The molecule has 1 aromatic carbocycles. The summed E-state index contributed by atoms with van der Waals surface area (Å²) in [5, 5.41) is 9.31. The molecule has 1 aliphatic heterocycles. The van der Waals surface area contributed by atoms with E-state index in [2.05, 4.69) is 0 Å². The summed E-state index contributed by atoms with van der Waals surface area (Å²) in [5.74, 6) is 0.835. The highest BCUT2D eigenvalue weighted by molar-refractivity contribution is 5.95. The molecule has 0 aliphatic carbocycles. The Labute approximate surface area is 114 Å².